The number of hydrogen-bond donors (Lipinski definition) is 1. The molecular formula is C24H25NO2. The molecule has 1 aliphatic carbocycles. The highest BCUT2D eigenvalue weighted by atomic mass is 16.5. The molecule has 4 rings (SSSR count). The molecule has 0 unspecified atom stereocenters. The third kappa shape index (κ3) is 4.30. The summed E-state index contributed by atoms with van der Waals surface area (Å²) >= 11 is 0. The zero-order valence-electron chi connectivity index (χ0n) is 15.7. The standard InChI is InChI=1S/C24H25NO2/c1-27-22-10-9-20-14-18(13-17-5-3-2-4-6-17)15-21(23(20)16-22)11-12-25-24(26)19-7-8-19/h2-6,9-10,14-16,19H,7-8,11-13H2,1H3,(H,25,26). The molecule has 0 radical (unpaired) electrons. The SMILES string of the molecule is COc1ccc2cc(Cc3ccccc3)cc(CCNC(=O)C3CC3)c2c1. The number of nitrogens with one attached hydrogen (secondary N) is 1. The lowest BCUT2D eigenvalue weighted by molar-refractivity contribution is -0.122. The Bertz CT molecular complexity index is 945. The second-order valence-corrected chi connectivity index (χ2v) is 7.32. The minimum absolute atomic E-state index is 0.206. The first-order chi connectivity index (χ1) is 13.2. The van der Waals surface area contributed by atoms with Crippen LogP contribution >= 0.6 is 0 Å². The number of benzene rings is 3. The van der Waals surface area contributed by atoms with Crippen LogP contribution < -0.4 is 10.1 Å². The summed E-state index contributed by atoms with van der Waals surface area (Å²) in [5.41, 5.74) is 3.86. The summed E-state index contributed by atoms with van der Waals surface area (Å²) in [4.78, 5) is 11.9. The Balaban J connectivity index is 1.61. The highest BCUT2D eigenvalue weighted by molar-refractivity contribution is 5.88. The number of rotatable bonds is 7. The molecule has 3 aromatic rings. The van der Waals surface area contributed by atoms with Crippen LogP contribution in [0.3, 0.4) is 0 Å². The molecule has 3 nitrogen and oxygen atoms in total. The number of carbonyl (C=O) groups is 1. The molecule has 0 heterocycles. The molecule has 138 valence electrons. The lowest BCUT2D eigenvalue weighted by Gasteiger charge is -2.13. The molecule has 27 heavy (non-hydrogen) atoms. The van der Waals surface area contributed by atoms with Crippen molar-refractivity contribution in [3.8, 4) is 5.75 Å². The van der Waals surface area contributed by atoms with Gasteiger partial charge in [0.1, 0.15) is 5.75 Å². The van der Waals surface area contributed by atoms with Gasteiger partial charge in [-0.1, -0.05) is 48.5 Å². The van der Waals surface area contributed by atoms with Crippen molar-refractivity contribution in [2.75, 3.05) is 13.7 Å². The second kappa shape index (κ2) is 7.83. The van der Waals surface area contributed by atoms with Gasteiger partial charge in [-0.05, 0) is 65.3 Å². The van der Waals surface area contributed by atoms with Crippen molar-refractivity contribution in [1.82, 2.24) is 5.32 Å². The Morgan fingerprint density at radius 3 is 2.59 bits per heavy atom. The molecule has 3 heteroatoms. The number of fused-ring (bicyclic) bond motifs is 1. The van der Waals surface area contributed by atoms with E-state index in [1.54, 1.807) is 7.11 Å². The van der Waals surface area contributed by atoms with E-state index in [4.69, 9.17) is 4.74 Å². The van der Waals surface area contributed by atoms with Gasteiger partial charge in [0, 0.05) is 12.5 Å². The lowest BCUT2D eigenvalue weighted by Crippen LogP contribution is -2.27. The number of ether oxygens (including phenoxy) is 1. The van der Waals surface area contributed by atoms with Crippen LogP contribution in [0.2, 0.25) is 0 Å². The van der Waals surface area contributed by atoms with Crippen LogP contribution in [-0.2, 0) is 17.6 Å². The molecule has 0 aromatic heterocycles. The molecule has 1 aliphatic rings. The monoisotopic (exact) mass is 359 g/mol. The molecule has 0 spiro atoms. The van der Waals surface area contributed by atoms with Crippen LogP contribution in [0.25, 0.3) is 10.8 Å². The summed E-state index contributed by atoms with van der Waals surface area (Å²) in [6.07, 6.45) is 3.81. The van der Waals surface area contributed by atoms with E-state index in [9.17, 15) is 4.79 Å². The molecule has 1 N–H and O–H groups in total. The summed E-state index contributed by atoms with van der Waals surface area (Å²) in [5.74, 6) is 1.32. The van der Waals surface area contributed by atoms with Crippen molar-refractivity contribution >= 4 is 16.7 Å². The Labute approximate surface area is 160 Å². The topological polar surface area (TPSA) is 38.3 Å². The normalized spacial score (nSPS) is 13.5. The van der Waals surface area contributed by atoms with Crippen molar-refractivity contribution in [1.29, 1.82) is 0 Å². The first-order valence-corrected chi connectivity index (χ1v) is 9.64. The zero-order chi connectivity index (χ0) is 18.6. The highest BCUT2D eigenvalue weighted by Crippen LogP contribution is 2.29. The first kappa shape index (κ1) is 17.6. The quantitative estimate of drug-likeness (QED) is 0.674. The molecule has 3 aromatic carbocycles. The number of hydrogen-bond acceptors (Lipinski definition) is 2. The maximum absolute atomic E-state index is 11.9. The number of carbonyl (C=O) groups excluding carboxylic acids is 1. The van der Waals surface area contributed by atoms with E-state index in [0.717, 1.165) is 31.4 Å². The molecule has 1 saturated carbocycles. The lowest BCUT2D eigenvalue weighted by atomic mass is 9.95. The van der Waals surface area contributed by atoms with Gasteiger partial charge in [-0.15, -0.1) is 0 Å². The molecule has 1 amide bonds. The van der Waals surface area contributed by atoms with Gasteiger partial charge in [-0.3, -0.25) is 4.79 Å². The predicted octanol–water partition coefficient (Wildman–Crippen LogP) is 4.51. The summed E-state index contributed by atoms with van der Waals surface area (Å²) in [6.45, 7) is 0.677. The maximum Gasteiger partial charge on any atom is 0.223 e. The van der Waals surface area contributed by atoms with E-state index in [1.165, 1.54) is 27.5 Å². The van der Waals surface area contributed by atoms with Gasteiger partial charge >= 0.3 is 0 Å². The zero-order valence-corrected chi connectivity index (χ0v) is 15.7. The molecule has 1 fully saturated rings. The smallest absolute Gasteiger partial charge is 0.223 e. The Kier molecular flexibility index (Phi) is 5.10. The van der Waals surface area contributed by atoms with Gasteiger partial charge in [0.05, 0.1) is 7.11 Å². The number of amides is 1. The third-order valence-electron chi connectivity index (χ3n) is 5.20. The van der Waals surface area contributed by atoms with Crippen LogP contribution in [-0.4, -0.2) is 19.6 Å². The van der Waals surface area contributed by atoms with Crippen LogP contribution in [0.15, 0.2) is 60.7 Å². The van der Waals surface area contributed by atoms with Gasteiger partial charge in [0.2, 0.25) is 5.91 Å². The molecule has 0 atom stereocenters. The molecule has 0 saturated heterocycles. The summed E-state index contributed by atoms with van der Waals surface area (Å²) in [5, 5.41) is 5.50. The average Bonchev–Trinajstić information content (AvgIpc) is 3.54. The molecule has 0 aliphatic heterocycles. The third-order valence-corrected chi connectivity index (χ3v) is 5.20. The Morgan fingerprint density at radius 1 is 1.04 bits per heavy atom. The van der Waals surface area contributed by atoms with Crippen LogP contribution in [0.1, 0.15) is 29.5 Å². The van der Waals surface area contributed by atoms with E-state index < -0.39 is 0 Å². The van der Waals surface area contributed by atoms with Gasteiger partial charge in [-0.25, -0.2) is 0 Å². The van der Waals surface area contributed by atoms with E-state index >= 15 is 0 Å². The van der Waals surface area contributed by atoms with Crippen LogP contribution in [0.5, 0.6) is 5.75 Å². The van der Waals surface area contributed by atoms with Crippen molar-refractivity contribution < 1.29 is 9.53 Å². The minimum Gasteiger partial charge on any atom is -0.497 e. The fourth-order valence-corrected chi connectivity index (χ4v) is 3.56. The van der Waals surface area contributed by atoms with Gasteiger partial charge in [0.25, 0.3) is 0 Å². The van der Waals surface area contributed by atoms with Crippen LogP contribution in [0, 0.1) is 5.92 Å². The van der Waals surface area contributed by atoms with Gasteiger partial charge in [0.15, 0.2) is 0 Å². The van der Waals surface area contributed by atoms with Gasteiger partial charge in [-0.2, -0.15) is 0 Å². The van der Waals surface area contributed by atoms with E-state index in [1.807, 2.05) is 12.1 Å². The van der Waals surface area contributed by atoms with E-state index in [-0.39, 0.29) is 11.8 Å². The van der Waals surface area contributed by atoms with Crippen LogP contribution in [0.4, 0.5) is 0 Å². The summed E-state index contributed by atoms with van der Waals surface area (Å²) < 4.78 is 5.42. The fourth-order valence-electron chi connectivity index (χ4n) is 3.56. The van der Waals surface area contributed by atoms with Crippen molar-refractivity contribution in [2.45, 2.75) is 25.7 Å². The Morgan fingerprint density at radius 2 is 1.85 bits per heavy atom. The average molecular weight is 359 g/mol. The van der Waals surface area contributed by atoms with Gasteiger partial charge < -0.3 is 10.1 Å². The maximum atomic E-state index is 11.9. The van der Waals surface area contributed by atoms with E-state index in [0.29, 0.717) is 6.54 Å². The predicted molar refractivity (Wildman–Crippen MR) is 109 cm³/mol. The highest BCUT2D eigenvalue weighted by Gasteiger charge is 2.29. The Hall–Kier alpha value is -2.81. The van der Waals surface area contributed by atoms with Crippen molar-refractivity contribution in [2.24, 2.45) is 5.92 Å². The summed E-state index contributed by atoms with van der Waals surface area (Å²) in [6, 6.07) is 21.3. The minimum atomic E-state index is 0.206. The first-order valence-electron chi connectivity index (χ1n) is 9.64. The largest absolute Gasteiger partial charge is 0.497 e. The summed E-state index contributed by atoms with van der Waals surface area (Å²) in [7, 11) is 1.69. The van der Waals surface area contributed by atoms with Crippen molar-refractivity contribution in [3.05, 3.63) is 77.4 Å². The van der Waals surface area contributed by atoms with E-state index in [2.05, 4.69) is 53.8 Å². The molecule has 0 bridgehead atoms. The fraction of sp³-hybridized carbons (Fsp3) is 0.292. The second-order valence-electron chi connectivity index (χ2n) is 7.32. The van der Waals surface area contributed by atoms with Crippen molar-refractivity contribution in [3.63, 3.8) is 0 Å². The molecular weight excluding hydrogens is 334 g/mol. The number of methoxy groups -OCH3 is 1.